The summed E-state index contributed by atoms with van der Waals surface area (Å²) in [6, 6.07) is 9.72. The van der Waals surface area contributed by atoms with Crippen molar-refractivity contribution in [3.8, 4) is 0 Å². The normalized spacial score (nSPS) is 17.7. The van der Waals surface area contributed by atoms with E-state index in [1.165, 1.54) is 24.5 Å². The number of piperidine rings is 1. The zero-order valence-corrected chi connectivity index (χ0v) is 22.6. The lowest BCUT2D eigenvalue weighted by Crippen LogP contribution is -2.44. The molecule has 2 aromatic carbocycles. The highest BCUT2D eigenvalue weighted by atomic mass is 35.5. The lowest BCUT2D eigenvalue weighted by molar-refractivity contribution is -0.123. The summed E-state index contributed by atoms with van der Waals surface area (Å²) in [5, 5.41) is 0.612. The van der Waals surface area contributed by atoms with E-state index >= 15 is 0 Å². The van der Waals surface area contributed by atoms with E-state index in [9.17, 15) is 21.6 Å². The predicted octanol–water partition coefficient (Wildman–Crippen LogP) is 3.37. The number of amides is 1. The predicted molar refractivity (Wildman–Crippen MR) is 137 cm³/mol. The van der Waals surface area contributed by atoms with Gasteiger partial charge in [0, 0.05) is 60.9 Å². The highest BCUT2D eigenvalue weighted by Gasteiger charge is 2.36. The minimum absolute atomic E-state index is 0.0573. The van der Waals surface area contributed by atoms with Crippen LogP contribution in [0, 0.1) is 5.92 Å². The van der Waals surface area contributed by atoms with Gasteiger partial charge in [0.2, 0.25) is 26.0 Å². The summed E-state index contributed by atoms with van der Waals surface area (Å²) in [7, 11) is -4.24. The van der Waals surface area contributed by atoms with Gasteiger partial charge in [-0.3, -0.25) is 4.79 Å². The van der Waals surface area contributed by atoms with Gasteiger partial charge in [-0.2, -0.15) is 0 Å². The Labute approximate surface area is 216 Å². The molecule has 2 aromatic rings. The second kappa shape index (κ2) is 9.99. The Morgan fingerprint density at radius 2 is 1.63 bits per heavy atom. The molecule has 35 heavy (non-hydrogen) atoms. The molecule has 0 aromatic heterocycles. The van der Waals surface area contributed by atoms with Crippen LogP contribution in [-0.4, -0.2) is 65.1 Å². The van der Waals surface area contributed by atoms with Crippen LogP contribution < -0.4 is 4.90 Å². The Kier molecular flexibility index (Phi) is 7.53. The van der Waals surface area contributed by atoms with Crippen LogP contribution in [0.25, 0.3) is 0 Å². The fourth-order valence-corrected chi connectivity index (χ4v) is 7.79. The molecule has 0 radical (unpaired) electrons. The minimum Gasteiger partial charge on any atom is -0.312 e. The first-order valence-corrected chi connectivity index (χ1v) is 15.0. The molecule has 0 unspecified atom stereocenters. The van der Waals surface area contributed by atoms with Crippen LogP contribution in [0.2, 0.25) is 10.0 Å². The largest absolute Gasteiger partial charge is 0.312 e. The van der Waals surface area contributed by atoms with Gasteiger partial charge in [0.1, 0.15) is 0 Å². The number of fused-ring (bicyclic) bond motifs is 1. The van der Waals surface area contributed by atoms with Crippen molar-refractivity contribution >= 4 is 54.8 Å². The average molecular weight is 561 g/mol. The van der Waals surface area contributed by atoms with Crippen molar-refractivity contribution in [1.29, 1.82) is 0 Å². The van der Waals surface area contributed by atoms with Crippen molar-refractivity contribution in [1.82, 2.24) is 8.61 Å². The van der Waals surface area contributed by atoms with E-state index in [1.54, 1.807) is 35.2 Å². The molecule has 1 saturated heterocycles. The molecular formula is C23H27Cl2N3O5S2. The maximum Gasteiger partial charge on any atom is 0.242 e. The molecule has 0 atom stereocenters. The van der Waals surface area contributed by atoms with Crippen molar-refractivity contribution in [2.75, 3.05) is 38.6 Å². The van der Waals surface area contributed by atoms with Crippen molar-refractivity contribution in [2.45, 2.75) is 29.9 Å². The second-order valence-corrected chi connectivity index (χ2v) is 13.9. The van der Waals surface area contributed by atoms with E-state index in [2.05, 4.69) is 0 Å². The molecule has 2 aliphatic heterocycles. The van der Waals surface area contributed by atoms with Gasteiger partial charge in [-0.15, -0.1) is 0 Å². The first-order chi connectivity index (χ1) is 16.4. The first-order valence-electron chi connectivity index (χ1n) is 11.2. The van der Waals surface area contributed by atoms with Crippen molar-refractivity contribution in [3.05, 3.63) is 57.6 Å². The fraction of sp³-hybridized carbons (Fsp3) is 0.435. The van der Waals surface area contributed by atoms with Crippen LogP contribution >= 0.6 is 23.2 Å². The van der Waals surface area contributed by atoms with E-state index in [1.807, 2.05) is 0 Å². The van der Waals surface area contributed by atoms with Gasteiger partial charge >= 0.3 is 0 Å². The monoisotopic (exact) mass is 559 g/mol. The molecule has 4 rings (SSSR count). The molecule has 0 saturated carbocycles. The number of nitrogens with zero attached hydrogens (tertiary/aromatic N) is 3. The summed E-state index contributed by atoms with van der Waals surface area (Å²) >= 11 is 12.3. The van der Waals surface area contributed by atoms with E-state index in [0.717, 1.165) is 15.6 Å². The SMILES string of the molecule is CN(C)S(=O)(=O)c1ccc2c(c1)CCN2C(=O)C1CCN(S(=O)(=O)Cc2c(Cl)cccc2Cl)CC1. The molecule has 2 heterocycles. The van der Waals surface area contributed by atoms with Crippen LogP contribution in [0.5, 0.6) is 0 Å². The summed E-state index contributed by atoms with van der Waals surface area (Å²) < 4.78 is 53.4. The number of sulfonamides is 2. The highest BCUT2D eigenvalue weighted by molar-refractivity contribution is 7.89. The van der Waals surface area contributed by atoms with Gasteiger partial charge in [-0.25, -0.2) is 25.4 Å². The third-order valence-corrected chi connectivity index (χ3v) is 10.9. The van der Waals surface area contributed by atoms with Crippen LogP contribution in [-0.2, 0) is 37.0 Å². The molecule has 0 N–H and O–H groups in total. The smallest absolute Gasteiger partial charge is 0.242 e. The minimum atomic E-state index is -3.65. The maximum atomic E-state index is 13.3. The molecule has 1 fully saturated rings. The molecule has 8 nitrogen and oxygen atoms in total. The summed E-state index contributed by atoms with van der Waals surface area (Å²) in [5.41, 5.74) is 1.91. The number of hydrogen-bond acceptors (Lipinski definition) is 5. The van der Waals surface area contributed by atoms with Gasteiger partial charge in [0.05, 0.1) is 10.6 Å². The van der Waals surface area contributed by atoms with Crippen molar-refractivity contribution < 1.29 is 21.6 Å². The van der Waals surface area contributed by atoms with Crippen molar-refractivity contribution in [3.63, 3.8) is 0 Å². The fourth-order valence-electron chi connectivity index (χ4n) is 4.52. The Hall–Kier alpha value is -1.69. The highest BCUT2D eigenvalue weighted by Crippen LogP contribution is 2.34. The summed E-state index contributed by atoms with van der Waals surface area (Å²) in [5.74, 6) is -0.651. The van der Waals surface area contributed by atoms with E-state index in [-0.39, 0.29) is 35.6 Å². The lowest BCUT2D eigenvalue weighted by atomic mass is 9.96. The number of carbonyl (C=O) groups is 1. The van der Waals surface area contributed by atoms with Crippen LogP contribution in [0.4, 0.5) is 5.69 Å². The summed E-state index contributed by atoms with van der Waals surface area (Å²) in [4.78, 5) is 15.2. The number of anilines is 1. The molecule has 1 amide bonds. The van der Waals surface area contributed by atoms with Gasteiger partial charge in [-0.1, -0.05) is 29.3 Å². The van der Waals surface area contributed by atoms with Crippen LogP contribution in [0.3, 0.4) is 0 Å². The molecule has 0 aliphatic carbocycles. The van der Waals surface area contributed by atoms with Crippen LogP contribution in [0.1, 0.15) is 24.0 Å². The molecule has 0 spiro atoms. The molecule has 0 bridgehead atoms. The molecule has 190 valence electrons. The zero-order chi connectivity index (χ0) is 25.5. The lowest BCUT2D eigenvalue weighted by Gasteiger charge is -2.32. The van der Waals surface area contributed by atoms with Gasteiger partial charge in [0.15, 0.2) is 0 Å². The third-order valence-electron chi connectivity index (χ3n) is 6.58. The maximum absolute atomic E-state index is 13.3. The number of rotatable bonds is 6. The molecular weight excluding hydrogens is 533 g/mol. The Balaban J connectivity index is 1.42. The first kappa shape index (κ1) is 26.4. The average Bonchev–Trinajstić information content (AvgIpc) is 3.24. The van der Waals surface area contributed by atoms with E-state index in [4.69, 9.17) is 23.2 Å². The van der Waals surface area contributed by atoms with Crippen LogP contribution in [0.15, 0.2) is 41.3 Å². The van der Waals surface area contributed by atoms with Gasteiger partial charge < -0.3 is 4.90 Å². The molecule has 12 heteroatoms. The quantitative estimate of drug-likeness (QED) is 0.540. The standard InChI is InChI=1S/C23H27Cl2N3O5S2/c1-26(2)35(32,33)18-6-7-22-17(14-18)10-13-28(22)23(29)16-8-11-27(12-9-16)34(30,31)15-19-20(24)4-3-5-21(19)25/h3-7,14,16H,8-13,15H2,1-2H3. The summed E-state index contributed by atoms with van der Waals surface area (Å²) in [6.45, 7) is 0.951. The van der Waals surface area contributed by atoms with Crippen molar-refractivity contribution in [2.24, 2.45) is 5.92 Å². The number of benzene rings is 2. The third kappa shape index (κ3) is 5.23. The Bertz CT molecular complexity index is 1330. The number of halogens is 2. The Morgan fingerprint density at radius 3 is 2.23 bits per heavy atom. The van der Waals surface area contributed by atoms with Gasteiger partial charge in [0.25, 0.3) is 0 Å². The number of carbonyl (C=O) groups excluding carboxylic acids is 1. The van der Waals surface area contributed by atoms with E-state index in [0.29, 0.717) is 41.4 Å². The zero-order valence-electron chi connectivity index (χ0n) is 19.4. The summed E-state index contributed by atoms with van der Waals surface area (Å²) in [6.07, 6.45) is 1.39. The second-order valence-electron chi connectivity index (χ2n) is 8.95. The van der Waals surface area contributed by atoms with Gasteiger partial charge in [-0.05, 0) is 55.2 Å². The molecule has 2 aliphatic rings. The van der Waals surface area contributed by atoms with E-state index < -0.39 is 20.0 Å². The number of hydrogen-bond donors (Lipinski definition) is 0. The Morgan fingerprint density at radius 1 is 1.00 bits per heavy atom. The topological polar surface area (TPSA) is 95.1 Å².